The molecule has 27 heavy (non-hydrogen) atoms. The summed E-state index contributed by atoms with van der Waals surface area (Å²) in [5.41, 5.74) is 11.9. The second-order valence-electron chi connectivity index (χ2n) is 6.74. The molecule has 4 rings (SSSR count). The van der Waals surface area contributed by atoms with Crippen LogP contribution in [0.5, 0.6) is 11.5 Å². The van der Waals surface area contributed by atoms with Gasteiger partial charge < -0.3 is 20.9 Å². The number of nitrogen functional groups attached to an aromatic ring is 2. The summed E-state index contributed by atoms with van der Waals surface area (Å²) in [6, 6.07) is 5.42. The van der Waals surface area contributed by atoms with Crippen LogP contribution in [0.15, 0.2) is 18.2 Å². The van der Waals surface area contributed by atoms with Crippen molar-refractivity contribution >= 4 is 17.7 Å². The summed E-state index contributed by atoms with van der Waals surface area (Å²) in [5.74, 6) is 2.30. The molecule has 9 heteroatoms. The van der Waals surface area contributed by atoms with E-state index in [-0.39, 0.29) is 23.6 Å². The van der Waals surface area contributed by atoms with E-state index in [0.717, 1.165) is 25.9 Å². The lowest BCUT2D eigenvalue weighted by atomic mass is 9.88. The number of hydrogen-bond donors (Lipinski definition) is 2. The first-order valence-electron chi connectivity index (χ1n) is 9.00. The van der Waals surface area contributed by atoms with E-state index in [0.29, 0.717) is 42.6 Å². The van der Waals surface area contributed by atoms with Crippen molar-refractivity contribution in [1.82, 2.24) is 19.9 Å². The summed E-state index contributed by atoms with van der Waals surface area (Å²) in [6.45, 7) is 3.16. The van der Waals surface area contributed by atoms with E-state index in [1.807, 2.05) is 12.1 Å². The smallest absolute Gasteiger partial charge is 0.225 e. The van der Waals surface area contributed by atoms with Gasteiger partial charge in [-0.05, 0) is 44.1 Å². The zero-order chi connectivity index (χ0) is 18.8. The fourth-order valence-corrected chi connectivity index (χ4v) is 3.51. The van der Waals surface area contributed by atoms with Gasteiger partial charge in [0.2, 0.25) is 11.9 Å². The Morgan fingerprint density at radius 2 is 1.70 bits per heavy atom. The average molecular weight is 370 g/mol. The van der Waals surface area contributed by atoms with Crippen LogP contribution in [0, 0.1) is 5.92 Å². The molecule has 1 aromatic heterocycles. The number of carbonyl (C=O) groups excluding carboxylic acids is 1. The van der Waals surface area contributed by atoms with Crippen LogP contribution in [0.2, 0.25) is 0 Å². The van der Waals surface area contributed by atoms with Crippen LogP contribution in [0.25, 0.3) is 0 Å². The van der Waals surface area contributed by atoms with E-state index in [1.165, 1.54) is 0 Å². The number of fused-ring (bicyclic) bond motifs is 1. The molecule has 0 atom stereocenters. The Balaban J connectivity index is 1.36. The van der Waals surface area contributed by atoms with E-state index in [4.69, 9.17) is 20.9 Å². The number of ketones is 1. The Morgan fingerprint density at radius 1 is 1.04 bits per heavy atom. The SMILES string of the molecule is Nc1nc(N)nc(CN2CCC(C(=O)c3ccc4c(c3)OCCO4)CC2)n1. The highest BCUT2D eigenvalue weighted by atomic mass is 16.6. The molecule has 0 bridgehead atoms. The number of nitrogens with two attached hydrogens (primary N) is 2. The number of aromatic nitrogens is 3. The highest BCUT2D eigenvalue weighted by Crippen LogP contribution is 2.32. The number of ether oxygens (including phenoxy) is 2. The lowest BCUT2D eigenvalue weighted by Crippen LogP contribution is -2.36. The van der Waals surface area contributed by atoms with Gasteiger partial charge in [0.1, 0.15) is 19.0 Å². The second kappa shape index (κ2) is 7.36. The average Bonchev–Trinajstić information content (AvgIpc) is 2.67. The number of likely N-dealkylation sites (tertiary alicyclic amines) is 1. The number of benzene rings is 1. The van der Waals surface area contributed by atoms with Gasteiger partial charge in [-0.15, -0.1) is 0 Å². The van der Waals surface area contributed by atoms with Crippen LogP contribution in [-0.4, -0.2) is 51.9 Å². The predicted molar refractivity (Wildman–Crippen MR) is 98.4 cm³/mol. The van der Waals surface area contributed by atoms with Crippen molar-refractivity contribution in [2.24, 2.45) is 5.92 Å². The highest BCUT2D eigenvalue weighted by molar-refractivity contribution is 5.98. The molecule has 0 spiro atoms. The molecule has 0 amide bonds. The minimum Gasteiger partial charge on any atom is -0.486 e. The lowest BCUT2D eigenvalue weighted by molar-refractivity contribution is 0.0832. The summed E-state index contributed by atoms with van der Waals surface area (Å²) in [5, 5.41) is 0. The minimum atomic E-state index is -0.00249. The van der Waals surface area contributed by atoms with Crippen molar-refractivity contribution in [3.63, 3.8) is 0 Å². The molecule has 0 unspecified atom stereocenters. The summed E-state index contributed by atoms with van der Waals surface area (Å²) in [4.78, 5) is 27.1. The maximum absolute atomic E-state index is 12.9. The molecule has 9 nitrogen and oxygen atoms in total. The van der Waals surface area contributed by atoms with Gasteiger partial charge in [0.05, 0.1) is 6.54 Å². The summed E-state index contributed by atoms with van der Waals surface area (Å²) >= 11 is 0. The lowest BCUT2D eigenvalue weighted by Gasteiger charge is -2.30. The summed E-state index contributed by atoms with van der Waals surface area (Å²) in [7, 11) is 0. The quantitative estimate of drug-likeness (QED) is 0.754. The van der Waals surface area contributed by atoms with Gasteiger partial charge in [-0.3, -0.25) is 9.69 Å². The highest BCUT2D eigenvalue weighted by Gasteiger charge is 2.27. The first-order chi connectivity index (χ1) is 13.1. The summed E-state index contributed by atoms with van der Waals surface area (Å²) < 4.78 is 11.1. The van der Waals surface area contributed by atoms with Crippen LogP contribution < -0.4 is 20.9 Å². The van der Waals surface area contributed by atoms with Crippen molar-refractivity contribution in [1.29, 1.82) is 0 Å². The molecule has 2 aliphatic heterocycles. The summed E-state index contributed by atoms with van der Waals surface area (Å²) in [6.07, 6.45) is 1.56. The Morgan fingerprint density at radius 3 is 2.41 bits per heavy atom. The monoisotopic (exact) mass is 370 g/mol. The van der Waals surface area contributed by atoms with Crippen molar-refractivity contribution in [2.75, 3.05) is 37.8 Å². The third-order valence-electron chi connectivity index (χ3n) is 4.87. The van der Waals surface area contributed by atoms with Crippen LogP contribution in [0.3, 0.4) is 0 Å². The predicted octanol–water partition coefficient (Wildman–Crippen LogP) is 0.902. The van der Waals surface area contributed by atoms with E-state index >= 15 is 0 Å². The van der Waals surface area contributed by atoms with Gasteiger partial charge in [0, 0.05) is 11.5 Å². The molecule has 0 saturated carbocycles. The van der Waals surface area contributed by atoms with Crippen LogP contribution in [0.4, 0.5) is 11.9 Å². The molecule has 1 saturated heterocycles. The van der Waals surface area contributed by atoms with Crippen LogP contribution >= 0.6 is 0 Å². The Kier molecular flexibility index (Phi) is 4.76. The normalized spacial score (nSPS) is 17.6. The number of nitrogens with zero attached hydrogens (tertiary/aromatic N) is 4. The molecule has 2 aromatic rings. The first kappa shape index (κ1) is 17.5. The maximum Gasteiger partial charge on any atom is 0.225 e. The Hall–Kier alpha value is -2.94. The maximum atomic E-state index is 12.9. The molecular formula is C18H22N6O3. The Labute approximate surface area is 156 Å². The first-order valence-corrected chi connectivity index (χ1v) is 9.00. The molecular weight excluding hydrogens is 348 g/mol. The van der Waals surface area contributed by atoms with E-state index in [1.54, 1.807) is 6.07 Å². The van der Waals surface area contributed by atoms with Crippen molar-refractivity contribution in [3.05, 3.63) is 29.6 Å². The van der Waals surface area contributed by atoms with Gasteiger partial charge in [0.15, 0.2) is 17.3 Å². The van der Waals surface area contributed by atoms with Gasteiger partial charge >= 0.3 is 0 Å². The van der Waals surface area contributed by atoms with Crippen molar-refractivity contribution in [3.8, 4) is 11.5 Å². The number of Topliss-reactive ketones (excluding diaryl/α,β-unsaturated/α-hetero) is 1. The molecule has 0 aliphatic carbocycles. The zero-order valence-electron chi connectivity index (χ0n) is 14.9. The fourth-order valence-electron chi connectivity index (χ4n) is 3.51. The van der Waals surface area contributed by atoms with Gasteiger partial charge in [-0.1, -0.05) is 0 Å². The molecule has 3 heterocycles. The molecule has 0 radical (unpaired) electrons. The molecule has 4 N–H and O–H groups in total. The second-order valence-corrected chi connectivity index (χ2v) is 6.74. The zero-order valence-corrected chi connectivity index (χ0v) is 14.9. The molecule has 2 aliphatic rings. The van der Waals surface area contributed by atoms with Crippen molar-refractivity contribution < 1.29 is 14.3 Å². The van der Waals surface area contributed by atoms with Crippen LogP contribution in [0.1, 0.15) is 29.0 Å². The number of piperidine rings is 1. The number of hydrogen-bond acceptors (Lipinski definition) is 9. The van der Waals surface area contributed by atoms with Gasteiger partial charge in [-0.25, -0.2) is 0 Å². The van der Waals surface area contributed by atoms with E-state index in [2.05, 4.69) is 19.9 Å². The van der Waals surface area contributed by atoms with Gasteiger partial charge in [-0.2, -0.15) is 15.0 Å². The third-order valence-corrected chi connectivity index (χ3v) is 4.87. The third kappa shape index (κ3) is 3.92. The number of carbonyl (C=O) groups is 1. The standard InChI is InChI=1S/C18H22N6O3/c19-17-21-15(22-18(20)23-17)10-24-5-3-11(4-6-24)16(25)12-1-2-13-14(9-12)27-8-7-26-13/h1-2,9,11H,3-8,10H2,(H4,19,20,21,22,23). The van der Waals surface area contributed by atoms with E-state index < -0.39 is 0 Å². The fraction of sp³-hybridized carbons (Fsp3) is 0.444. The topological polar surface area (TPSA) is 129 Å². The number of rotatable bonds is 4. The number of anilines is 2. The molecule has 1 aromatic carbocycles. The Bertz CT molecular complexity index is 831. The van der Waals surface area contributed by atoms with Crippen LogP contribution in [-0.2, 0) is 6.54 Å². The van der Waals surface area contributed by atoms with Gasteiger partial charge in [0.25, 0.3) is 0 Å². The molecule has 142 valence electrons. The largest absolute Gasteiger partial charge is 0.486 e. The minimum absolute atomic E-state index is 0.00249. The van der Waals surface area contributed by atoms with Crippen molar-refractivity contribution in [2.45, 2.75) is 19.4 Å². The molecule has 1 fully saturated rings. The van der Waals surface area contributed by atoms with E-state index in [9.17, 15) is 4.79 Å².